The van der Waals surface area contributed by atoms with E-state index in [0.29, 0.717) is 30.2 Å². The number of hydrogen-bond acceptors (Lipinski definition) is 11. The van der Waals surface area contributed by atoms with Crippen LogP contribution < -0.4 is 24.8 Å². The number of nitrogens with zero attached hydrogens (tertiary/aromatic N) is 2. The fourth-order valence-electron chi connectivity index (χ4n) is 7.30. The van der Waals surface area contributed by atoms with Crippen LogP contribution in [0.25, 0.3) is 10.9 Å². The van der Waals surface area contributed by atoms with Gasteiger partial charge in [0, 0.05) is 17.9 Å². The van der Waals surface area contributed by atoms with Crippen molar-refractivity contribution in [3.63, 3.8) is 0 Å². The molecule has 57 heavy (non-hydrogen) atoms. The number of halogens is 4. The van der Waals surface area contributed by atoms with Gasteiger partial charge in [-0.15, -0.1) is 0 Å². The van der Waals surface area contributed by atoms with Crippen LogP contribution in [0, 0.1) is 11.3 Å². The van der Waals surface area contributed by atoms with Gasteiger partial charge in [-0.1, -0.05) is 31.0 Å². The Bertz CT molecular complexity index is 2060. The van der Waals surface area contributed by atoms with Crippen molar-refractivity contribution in [3.05, 3.63) is 29.3 Å². The van der Waals surface area contributed by atoms with Gasteiger partial charge in [0.2, 0.25) is 17.7 Å². The van der Waals surface area contributed by atoms with Crippen LogP contribution in [0.15, 0.2) is 24.3 Å². The minimum atomic E-state index is -4.93. The fourth-order valence-corrected chi connectivity index (χ4v) is 8.66. The average molecular weight is 846 g/mol. The number of carbonyl (C=O) groups is 4. The molecule has 1 aliphatic heterocycles. The van der Waals surface area contributed by atoms with Crippen molar-refractivity contribution in [1.82, 2.24) is 25.2 Å². The number of alkyl carbamates (subject to hydrolysis) is 1. The highest BCUT2D eigenvalue weighted by molar-refractivity contribution is 7.85. The predicted octanol–water partition coefficient (Wildman–Crippen LogP) is 5.09. The van der Waals surface area contributed by atoms with Crippen LogP contribution in [-0.2, 0) is 33.6 Å². The first kappa shape index (κ1) is 42.5. The molecule has 0 spiro atoms. The van der Waals surface area contributed by atoms with Gasteiger partial charge in [-0.2, -0.15) is 21.6 Å². The summed E-state index contributed by atoms with van der Waals surface area (Å²) in [5, 5.41) is 5.50. The van der Waals surface area contributed by atoms with E-state index in [1.54, 1.807) is 39.0 Å². The molecule has 1 aromatic carbocycles. The van der Waals surface area contributed by atoms with E-state index in [0.717, 1.165) is 4.90 Å². The number of rotatable bonds is 14. The van der Waals surface area contributed by atoms with Crippen molar-refractivity contribution in [2.45, 2.75) is 128 Å². The zero-order valence-corrected chi connectivity index (χ0v) is 34.0. The highest BCUT2D eigenvalue weighted by Gasteiger charge is 2.71. The first-order chi connectivity index (χ1) is 26.5. The summed E-state index contributed by atoms with van der Waals surface area (Å²) in [7, 11) is -4.58. The monoisotopic (exact) mass is 845 g/mol. The summed E-state index contributed by atoms with van der Waals surface area (Å²) in [6.07, 6.45) is -7.16. The fraction of sp³-hybridized carbons (Fsp3) is 0.649. The molecule has 6 rings (SSSR count). The molecule has 1 aromatic heterocycles. The van der Waals surface area contributed by atoms with Gasteiger partial charge in [-0.25, -0.2) is 18.7 Å². The van der Waals surface area contributed by atoms with Crippen LogP contribution in [0.2, 0.25) is 5.02 Å². The van der Waals surface area contributed by atoms with Gasteiger partial charge in [-0.3, -0.25) is 14.4 Å². The smallest absolute Gasteiger partial charge is 0.408 e. The molecule has 3 aliphatic carbocycles. The highest BCUT2D eigenvalue weighted by Crippen LogP contribution is 2.60. The number of nitrogens with one attached hydrogen (secondary N) is 3. The lowest BCUT2D eigenvalue weighted by molar-refractivity contribution is -0.199. The molecule has 3 N–H and O–H groups in total. The van der Waals surface area contributed by atoms with Crippen LogP contribution in [-0.4, -0.2) is 96.4 Å². The Kier molecular flexibility index (Phi) is 11.1. The Hall–Kier alpha value is -4.10. The van der Waals surface area contributed by atoms with Crippen molar-refractivity contribution in [2.24, 2.45) is 11.3 Å². The molecule has 2 heterocycles. The van der Waals surface area contributed by atoms with Gasteiger partial charge in [0.15, 0.2) is 0 Å². The Morgan fingerprint density at radius 3 is 2.33 bits per heavy atom. The van der Waals surface area contributed by atoms with Gasteiger partial charge in [0.05, 0.1) is 34.7 Å². The molecule has 0 bridgehead atoms. The molecule has 4 aliphatic rings. The van der Waals surface area contributed by atoms with Crippen molar-refractivity contribution in [2.75, 3.05) is 13.2 Å². The van der Waals surface area contributed by atoms with Gasteiger partial charge in [-0.05, 0) is 84.8 Å². The molecule has 314 valence electrons. The molecule has 1 saturated heterocycles. The minimum absolute atomic E-state index is 0.0401. The van der Waals surface area contributed by atoms with Crippen LogP contribution in [0.5, 0.6) is 11.6 Å². The number of benzene rings is 1. The molecular formula is C37H47ClF3N5O10S. The average Bonchev–Trinajstić information content (AvgIpc) is 4.04. The molecule has 20 heteroatoms. The van der Waals surface area contributed by atoms with Crippen LogP contribution in [0.4, 0.5) is 18.0 Å². The molecule has 0 radical (unpaired) electrons. The quantitative estimate of drug-likeness (QED) is 0.230. The third-order valence-corrected chi connectivity index (χ3v) is 12.2. The molecule has 15 nitrogen and oxygen atoms in total. The molecule has 3 saturated carbocycles. The first-order valence-electron chi connectivity index (χ1n) is 18.8. The summed E-state index contributed by atoms with van der Waals surface area (Å²) < 4.78 is 94.0. The predicted molar refractivity (Wildman–Crippen MR) is 198 cm³/mol. The maximum Gasteiger partial charge on any atom is 0.408 e. The molecule has 4 fully saturated rings. The van der Waals surface area contributed by atoms with E-state index in [-0.39, 0.29) is 36.1 Å². The third-order valence-electron chi connectivity index (χ3n) is 10.8. The summed E-state index contributed by atoms with van der Waals surface area (Å²) in [5.41, 5.74) is -6.14. The number of hydrogen-bond donors (Lipinski definition) is 3. The number of pyridine rings is 1. The number of amides is 4. The van der Waals surface area contributed by atoms with Gasteiger partial charge in [0.1, 0.15) is 35.1 Å². The van der Waals surface area contributed by atoms with Crippen LogP contribution in [0.1, 0.15) is 86.5 Å². The largest absolute Gasteiger partial charge is 0.488 e. The number of fused-ring (bicyclic) bond motifs is 1. The summed E-state index contributed by atoms with van der Waals surface area (Å²) in [6.45, 7) is 9.38. The van der Waals surface area contributed by atoms with Gasteiger partial charge in [0.25, 0.3) is 5.91 Å². The van der Waals surface area contributed by atoms with E-state index in [9.17, 15) is 40.8 Å². The lowest BCUT2D eigenvalue weighted by Gasteiger charge is -2.34. The van der Waals surface area contributed by atoms with E-state index in [1.807, 2.05) is 4.72 Å². The molecular weight excluding hydrogens is 799 g/mol. The second kappa shape index (κ2) is 14.9. The first-order valence-corrected chi connectivity index (χ1v) is 20.6. The summed E-state index contributed by atoms with van der Waals surface area (Å²) in [5.74, 6) is -3.40. The van der Waals surface area contributed by atoms with E-state index < -0.39 is 106 Å². The van der Waals surface area contributed by atoms with Crippen LogP contribution in [0.3, 0.4) is 0 Å². The number of carbonyl (C=O) groups excluding carboxylic acids is 4. The summed E-state index contributed by atoms with van der Waals surface area (Å²) in [6, 6.07) is 2.68. The third kappa shape index (κ3) is 8.99. The Morgan fingerprint density at radius 1 is 1.09 bits per heavy atom. The summed E-state index contributed by atoms with van der Waals surface area (Å²) >= 11 is 6.45. The van der Waals surface area contributed by atoms with Crippen molar-refractivity contribution in [1.29, 1.82) is 0 Å². The van der Waals surface area contributed by atoms with Gasteiger partial charge < -0.3 is 29.7 Å². The van der Waals surface area contributed by atoms with Crippen molar-refractivity contribution in [3.8, 4) is 11.6 Å². The lowest BCUT2D eigenvalue weighted by atomic mass is 9.93. The molecule has 0 unspecified atom stereocenters. The molecule has 5 atom stereocenters. The number of likely N-dealkylation sites (tertiary alicyclic amines) is 1. The maximum atomic E-state index is 14.7. The second-order valence-electron chi connectivity index (χ2n) is 16.4. The Labute approximate surface area is 333 Å². The SMILES string of the molecule is CCOc1cc(O[C@@H]2C[C@@H](C(=O)N[C@]3(C(=O)NS(=O)(=O)OC4(C)CC4)C[C@H]3CC)N(C(=O)[C@@H](NC(=O)OC(C)(C)C)C3(C(F)(F)F)CC3)C2)c2cccc(Cl)c2n1. The van der Waals surface area contributed by atoms with E-state index in [1.165, 1.54) is 26.8 Å². The van der Waals surface area contributed by atoms with E-state index in [2.05, 4.69) is 15.6 Å². The second-order valence-corrected chi connectivity index (χ2v) is 18.1. The van der Waals surface area contributed by atoms with E-state index >= 15 is 0 Å². The highest BCUT2D eigenvalue weighted by atomic mass is 35.5. The standard InChI is InChI=1S/C37H47ClF3N5O10S/c1-7-20-18-36(20,31(49)45-57(51,52)56-34(6)12-13-34)44-29(47)24-16-21(54-25-17-26(53-8-2)42-27-22(25)10-9-11-23(27)38)19-46(24)30(48)28(35(14-15-35)37(39,40)41)43-32(50)55-33(3,4)5/h9-11,17,20-21,24,28H,7-8,12-16,18-19H2,1-6H3,(H,43,50)(H,44,47)(H,45,49)/t20-,21-,24+,28-,36-/m1/s1. The Morgan fingerprint density at radius 2 is 1.77 bits per heavy atom. The zero-order chi connectivity index (χ0) is 41.9. The van der Waals surface area contributed by atoms with Crippen molar-refractivity contribution < 1.29 is 59.2 Å². The topological polar surface area (TPSA) is 192 Å². The zero-order valence-electron chi connectivity index (χ0n) is 32.4. The van der Waals surface area contributed by atoms with E-state index in [4.69, 9.17) is 30.0 Å². The lowest BCUT2D eigenvalue weighted by Crippen LogP contribution is -2.61. The maximum absolute atomic E-state index is 14.7. The van der Waals surface area contributed by atoms with Crippen molar-refractivity contribution >= 4 is 56.6 Å². The van der Waals surface area contributed by atoms with Gasteiger partial charge >= 0.3 is 22.6 Å². The molecule has 2 aromatic rings. The number of alkyl halides is 3. The Balaban J connectivity index is 1.34. The molecule has 4 amide bonds. The minimum Gasteiger partial charge on any atom is -0.488 e. The number of para-hydroxylation sites is 1. The van der Waals surface area contributed by atoms with Crippen LogP contribution >= 0.6 is 11.6 Å². The number of ether oxygens (including phenoxy) is 3. The summed E-state index contributed by atoms with van der Waals surface area (Å²) in [4.78, 5) is 60.9. The number of aromatic nitrogens is 1. The normalized spacial score (nSPS) is 25.2.